The van der Waals surface area contributed by atoms with Crippen LogP contribution in [0.15, 0.2) is 24.2 Å². The van der Waals surface area contributed by atoms with E-state index in [9.17, 15) is 0 Å². The molecular formula is C6H8O2. The Morgan fingerprint density at radius 1 is 1.75 bits per heavy atom. The van der Waals surface area contributed by atoms with Gasteiger partial charge in [0, 0.05) is 6.08 Å². The van der Waals surface area contributed by atoms with Gasteiger partial charge in [0.15, 0.2) is 0 Å². The summed E-state index contributed by atoms with van der Waals surface area (Å²) in [6.45, 7) is 1.86. The summed E-state index contributed by atoms with van der Waals surface area (Å²) in [5.74, 6) is 0.281. The minimum atomic E-state index is 0.0139. The minimum absolute atomic E-state index is 0.0139. The number of hydrogen-bond donors (Lipinski definition) is 1. The van der Waals surface area contributed by atoms with Crippen LogP contribution < -0.4 is 0 Å². The van der Waals surface area contributed by atoms with Crippen molar-refractivity contribution in [2.75, 3.05) is 0 Å². The summed E-state index contributed by atoms with van der Waals surface area (Å²) in [5, 5.41) is 8.77. The topological polar surface area (TPSA) is 29.5 Å². The molecule has 1 atom stereocenters. The molecule has 1 rings (SSSR count). The Morgan fingerprint density at radius 2 is 2.50 bits per heavy atom. The van der Waals surface area contributed by atoms with Gasteiger partial charge in [-0.2, -0.15) is 0 Å². The molecule has 0 aromatic heterocycles. The van der Waals surface area contributed by atoms with Gasteiger partial charge in [0.05, 0.1) is 6.26 Å². The number of hydrogen-bond acceptors (Lipinski definition) is 2. The molecule has 44 valence electrons. The fraction of sp³-hybridized carbons (Fsp3) is 0.333. The van der Waals surface area contributed by atoms with Crippen LogP contribution in [-0.2, 0) is 4.74 Å². The van der Waals surface area contributed by atoms with E-state index in [-0.39, 0.29) is 11.9 Å². The Labute approximate surface area is 48.1 Å². The van der Waals surface area contributed by atoms with Crippen LogP contribution in [0, 0.1) is 0 Å². The van der Waals surface area contributed by atoms with Crippen molar-refractivity contribution in [1.82, 2.24) is 0 Å². The molecule has 1 aliphatic heterocycles. The number of ether oxygens (including phenoxy) is 1. The summed E-state index contributed by atoms with van der Waals surface area (Å²) < 4.78 is 4.93. The Bertz CT molecular complexity index is 135. The van der Waals surface area contributed by atoms with Crippen LogP contribution in [0.2, 0.25) is 0 Å². The zero-order valence-electron chi connectivity index (χ0n) is 4.66. The first-order chi connectivity index (χ1) is 3.79. The zero-order valence-corrected chi connectivity index (χ0v) is 4.66. The normalized spacial score (nSPS) is 26.6. The second-order valence-corrected chi connectivity index (χ2v) is 1.74. The molecule has 2 nitrogen and oxygen atoms in total. The SMILES string of the molecule is CC1C=C(O)C=CO1. The summed E-state index contributed by atoms with van der Waals surface area (Å²) in [4.78, 5) is 0. The van der Waals surface area contributed by atoms with E-state index in [1.807, 2.05) is 6.92 Å². The van der Waals surface area contributed by atoms with Gasteiger partial charge in [-0.25, -0.2) is 0 Å². The van der Waals surface area contributed by atoms with Gasteiger partial charge in [0.25, 0.3) is 0 Å². The lowest BCUT2D eigenvalue weighted by molar-refractivity contribution is 0.191. The number of aliphatic hydroxyl groups excluding tert-OH is 1. The first kappa shape index (κ1) is 5.22. The van der Waals surface area contributed by atoms with Crippen molar-refractivity contribution in [1.29, 1.82) is 0 Å². The third-order valence-electron chi connectivity index (χ3n) is 0.937. The fourth-order valence-corrected chi connectivity index (χ4v) is 0.568. The van der Waals surface area contributed by atoms with Gasteiger partial charge in [-0.05, 0) is 13.0 Å². The van der Waals surface area contributed by atoms with Crippen LogP contribution in [0.5, 0.6) is 0 Å². The molecular weight excluding hydrogens is 104 g/mol. The molecule has 8 heavy (non-hydrogen) atoms. The molecule has 0 amide bonds. The van der Waals surface area contributed by atoms with Crippen molar-refractivity contribution in [3.63, 3.8) is 0 Å². The van der Waals surface area contributed by atoms with Crippen molar-refractivity contribution in [2.45, 2.75) is 13.0 Å². The van der Waals surface area contributed by atoms with E-state index in [1.54, 1.807) is 6.08 Å². The smallest absolute Gasteiger partial charge is 0.118 e. The molecule has 0 saturated heterocycles. The summed E-state index contributed by atoms with van der Waals surface area (Å²) in [5.41, 5.74) is 0. The maximum atomic E-state index is 8.77. The summed E-state index contributed by atoms with van der Waals surface area (Å²) in [6.07, 6.45) is 4.65. The van der Waals surface area contributed by atoms with Crippen LogP contribution in [0.4, 0.5) is 0 Å². The Balaban J connectivity index is 2.63. The highest BCUT2D eigenvalue weighted by Gasteiger charge is 2.00. The minimum Gasteiger partial charge on any atom is -0.508 e. The first-order valence-corrected chi connectivity index (χ1v) is 2.52. The van der Waals surface area contributed by atoms with Gasteiger partial charge in [-0.1, -0.05) is 0 Å². The molecule has 1 unspecified atom stereocenters. The van der Waals surface area contributed by atoms with E-state index in [0.717, 1.165) is 0 Å². The lowest BCUT2D eigenvalue weighted by atomic mass is 10.3. The quantitative estimate of drug-likeness (QED) is 0.512. The number of rotatable bonds is 0. The molecule has 0 aliphatic carbocycles. The van der Waals surface area contributed by atoms with Crippen LogP contribution >= 0.6 is 0 Å². The Hall–Kier alpha value is -0.920. The van der Waals surface area contributed by atoms with Crippen LogP contribution in [-0.4, -0.2) is 11.2 Å². The van der Waals surface area contributed by atoms with E-state index >= 15 is 0 Å². The molecule has 1 N–H and O–H groups in total. The van der Waals surface area contributed by atoms with E-state index in [4.69, 9.17) is 9.84 Å². The largest absolute Gasteiger partial charge is 0.508 e. The number of allylic oxidation sites excluding steroid dienone is 1. The van der Waals surface area contributed by atoms with Crippen molar-refractivity contribution in [3.8, 4) is 0 Å². The van der Waals surface area contributed by atoms with Gasteiger partial charge in [-0.3, -0.25) is 0 Å². The highest BCUT2D eigenvalue weighted by molar-refractivity contribution is 5.13. The Kier molecular flexibility index (Phi) is 1.24. The first-order valence-electron chi connectivity index (χ1n) is 2.52. The molecule has 1 heterocycles. The molecule has 0 aromatic rings. The van der Waals surface area contributed by atoms with E-state index < -0.39 is 0 Å². The Morgan fingerprint density at radius 3 is 2.88 bits per heavy atom. The molecule has 0 radical (unpaired) electrons. The van der Waals surface area contributed by atoms with Gasteiger partial charge >= 0.3 is 0 Å². The monoisotopic (exact) mass is 112 g/mol. The third-order valence-corrected chi connectivity index (χ3v) is 0.937. The highest BCUT2D eigenvalue weighted by Crippen LogP contribution is 2.05. The lowest BCUT2D eigenvalue weighted by Gasteiger charge is -2.09. The van der Waals surface area contributed by atoms with Crippen molar-refractivity contribution >= 4 is 0 Å². The molecule has 0 bridgehead atoms. The zero-order chi connectivity index (χ0) is 5.98. The second-order valence-electron chi connectivity index (χ2n) is 1.74. The van der Waals surface area contributed by atoms with Crippen molar-refractivity contribution in [3.05, 3.63) is 24.2 Å². The maximum Gasteiger partial charge on any atom is 0.118 e. The lowest BCUT2D eigenvalue weighted by Crippen LogP contribution is -2.03. The third kappa shape index (κ3) is 1.03. The maximum absolute atomic E-state index is 8.77. The predicted molar refractivity (Wildman–Crippen MR) is 30.4 cm³/mol. The molecule has 1 aliphatic rings. The molecule has 0 spiro atoms. The summed E-state index contributed by atoms with van der Waals surface area (Å²) in [6, 6.07) is 0. The average molecular weight is 112 g/mol. The molecule has 0 saturated carbocycles. The average Bonchev–Trinajstić information content (AvgIpc) is 1.64. The standard InChI is InChI=1S/C6H8O2/c1-5-4-6(7)2-3-8-5/h2-5,7H,1H3. The predicted octanol–water partition coefficient (Wildman–Crippen LogP) is 1.36. The fourth-order valence-electron chi connectivity index (χ4n) is 0.568. The number of aliphatic hydroxyl groups is 1. The van der Waals surface area contributed by atoms with Crippen LogP contribution in [0.3, 0.4) is 0 Å². The van der Waals surface area contributed by atoms with Gasteiger partial charge in [-0.15, -0.1) is 0 Å². The van der Waals surface area contributed by atoms with Crippen LogP contribution in [0.25, 0.3) is 0 Å². The highest BCUT2D eigenvalue weighted by atomic mass is 16.5. The van der Waals surface area contributed by atoms with E-state index in [1.165, 1.54) is 12.3 Å². The van der Waals surface area contributed by atoms with Gasteiger partial charge < -0.3 is 9.84 Å². The van der Waals surface area contributed by atoms with Crippen molar-refractivity contribution in [2.24, 2.45) is 0 Å². The van der Waals surface area contributed by atoms with Crippen molar-refractivity contribution < 1.29 is 9.84 Å². The molecule has 0 aromatic carbocycles. The van der Waals surface area contributed by atoms with Crippen LogP contribution in [0.1, 0.15) is 6.92 Å². The second kappa shape index (κ2) is 1.90. The van der Waals surface area contributed by atoms with E-state index in [0.29, 0.717) is 0 Å². The van der Waals surface area contributed by atoms with E-state index in [2.05, 4.69) is 0 Å². The van der Waals surface area contributed by atoms with Gasteiger partial charge in [0.2, 0.25) is 0 Å². The summed E-state index contributed by atoms with van der Waals surface area (Å²) >= 11 is 0. The molecule has 0 fully saturated rings. The molecule has 2 heteroatoms. The van der Waals surface area contributed by atoms with Gasteiger partial charge in [0.1, 0.15) is 11.9 Å². The summed E-state index contributed by atoms with van der Waals surface area (Å²) in [7, 11) is 0.